The standard InChI is InChI=1S/C20H27N3O/c1-3-20(2,24-16-8-12-21)11-7-15-23-14-5-4-10-19(23)18-9-6-13-22-17-18/h6,9,13,17,19H,3-5,8,10,14-16H2,1-2H3/t19-,20+/m0/s1. The molecule has 0 aromatic carbocycles. The van der Waals surface area contributed by atoms with Crippen molar-refractivity contribution in [3.8, 4) is 17.9 Å². The molecule has 0 aliphatic carbocycles. The summed E-state index contributed by atoms with van der Waals surface area (Å²) in [6.07, 6.45) is 8.66. The van der Waals surface area contributed by atoms with E-state index in [1.54, 1.807) is 0 Å². The van der Waals surface area contributed by atoms with Gasteiger partial charge in [0.2, 0.25) is 0 Å². The summed E-state index contributed by atoms with van der Waals surface area (Å²) in [7, 11) is 0. The van der Waals surface area contributed by atoms with Crippen LogP contribution in [0, 0.1) is 23.2 Å². The highest BCUT2D eigenvalue weighted by atomic mass is 16.5. The van der Waals surface area contributed by atoms with Gasteiger partial charge in [-0.25, -0.2) is 0 Å². The van der Waals surface area contributed by atoms with Gasteiger partial charge < -0.3 is 4.74 Å². The zero-order chi connectivity index (χ0) is 17.3. The monoisotopic (exact) mass is 325 g/mol. The minimum Gasteiger partial charge on any atom is -0.362 e. The van der Waals surface area contributed by atoms with E-state index in [1.807, 2.05) is 25.4 Å². The van der Waals surface area contributed by atoms with Gasteiger partial charge in [-0.05, 0) is 44.4 Å². The van der Waals surface area contributed by atoms with Gasteiger partial charge in [0.1, 0.15) is 5.60 Å². The van der Waals surface area contributed by atoms with E-state index in [0.29, 0.717) is 19.1 Å². The largest absolute Gasteiger partial charge is 0.362 e. The third-order valence-electron chi connectivity index (χ3n) is 4.63. The van der Waals surface area contributed by atoms with E-state index in [-0.39, 0.29) is 0 Å². The molecule has 0 radical (unpaired) electrons. The topological polar surface area (TPSA) is 49.2 Å². The second-order valence-electron chi connectivity index (χ2n) is 6.41. The van der Waals surface area contributed by atoms with Crippen molar-refractivity contribution in [2.75, 3.05) is 19.7 Å². The lowest BCUT2D eigenvalue weighted by atomic mass is 9.96. The van der Waals surface area contributed by atoms with Crippen LogP contribution in [0.2, 0.25) is 0 Å². The molecular formula is C20H27N3O. The van der Waals surface area contributed by atoms with Gasteiger partial charge in [-0.1, -0.05) is 31.3 Å². The van der Waals surface area contributed by atoms with Crippen LogP contribution < -0.4 is 0 Å². The number of piperidine rings is 1. The van der Waals surface area contributed by atoms with Gasteiger partial charge in [-0.2, -0.15) is 5.26 Å². The fourth-order valence-corrected chi connectivity index (χ4v) is 3.01. The van der Waals surface area contributed by atoms with Gasteiger partial charge in [-0.15, -0.1) is 0 Å². The molecule has 1 fully saturated rings. The molecule has 0 bridgehead atoms. The second kappa shape index (κ2) is 9.42. The first-order valence-electron chi connectivity index (χ1n) is 8.83. The van der Waals surface area contributed by atoms with Crippen LogP contribution in [0.4, 0.5) is 0 Å². The van der Waals surface area contributed by atoms with Gasteiger partial charge in [0.15, 0.2) is 0 Å². The van der Waals surface area contributed by atoms with E-state index < -0.39 is 5.60 Å². The summed E-state index contributed by atoms with van der Waals surface area (Å²) >= 11 is 0. The summed E-state index contributed by atoms with van der Waals surface area (Å²) in [4.78, 5) is 6.70. The minimum absolute atomic E-state index is 0.409. The zero-order valence-electron chi connectivity index (χ0n) is 14.8. The minimum atomic E-state index is -0.462. The molecule has 128 valence electrons. The van der Waals surface area contributed by atoms with Crippen molar-refractivity contribution in [3.05, 3.63) is 30.1 Å². The Kier molecular flexibility index (Phi) is 7.25. The molecule has 0 N–H and O–H groups in total. The first-order valence-corrected chi connectivity index (χ1v) is 8.83. The summed E-state index contributed by atoms with van der Waals surface area (Å²) in [6.45, 7) is 6.34. The molecule has 2 heterocycles. The molecule has 0 amide bonds. The fraction of sp³-hybridized carbons (Fsp3) is 0.600. The Balaban J connectivity index is 1.99. The Morgan fingerprint density at radius 2 is 2.33 bits per heavy atom. The first-order chi connectivity index (χ1) is 11.7. The van der Waals surface area contributed by atoms with Crippen molar-refractivity contribution >= 4 is 0 Å². The number of nitrogens with zero attached hydrogens (tertiary/aromatic N) is 3. The van der Waals surface area contributed by atoms with Crippen LogP contribution in [-0.4, -0.2) is 35.2 Å². The number of hydrogen-bond acceptors (Lipinski definition) is 4. The Bertz CT molecular complexity index is 599. The van der Waals surface area contributed by atoms with E-state index in [1.165, 1.54) is 18.4 Å². The zero-order valence-corrected chi connectivity index (χ0v) is 14.8. The summed E-state index contributed by atoms with van der Waals surface area (Å²) in [5.41, 5.74) is 0.818. The lowest BCUT2D eigenvalue weighted by Gasteiger charge is -2.34. The molecule has 2 rings (SSSR count). The third kappa shape index (κ3) is 5.34. The molecular weight excluding hydrogens is 298 g/mol. The Morgan fingerprint density at radius 3 is 3.04 bits per heavy atom. The van der Waals surface area contributed by atoms with Crippen LogP contribution in [0.5, 0.6) is 0 Å². The van der Waals surface area contributed by atoms with E-state index in [9.17, 15) is 0 Å². The highest BCUT2D eigenvalue weighted by Gasteiger charge is 2.24. The lowest BCUT2D eigenvalue weighted by Crippen LogP contribution is -2.34. The number of aromatic nitrogens is 1. The molecule has 1 saturated heterocycles. The number of ether oxygens (including phenoxy) is 1. The molecule has 1 aliphatic heterocycles. The average molecular weight is 325 g/mol. The van der Waals surface area contributed by atoms with E-state index in [2.05, 4.69) is 40.8 Å². The molecule has 0 spiro atoms. The van der Waals surface area contributed by atoms with Crippen LogP contribution in [0.1, 0.15) is 57.6 Å². The summed E-state index contributed by atoms with van der Waals surface area (Å²) in [6, 6.07) is 6.68. The normalized spacial score (nSPS) is 20.5. The van der Waals surface area contributed by atoms with Crippen molar-refractivity contribution in [1.29, 1.82) is 5.26 Å². The third-order valence-corrected chi connectivity index (χ3v) is 4.63. The number of hydrogen-bond donors (Lipinski definition) is 0. The van der Waals surface area contributed by atoms with Crippen molar-refractivity contribution in [2.24, 2.45) is 0 Å². The van der Waals surface area contributed by atoms with Crippen molar-refractivity contribution in [1.82, 2.24) is 9.88 Å². The second-order valence-corrected chi connectivity index (χ2v) is 6.41. The number of nitriles is 1. The van der Waals surface area contributed by atoms with Crippen LogP contribution in [0.3, 0.4) is 0 Å². The summed E-state index contributed by atoms with van der Waals surface area (Å²) in [5, 5.41) is 8.64. The quantitative estimate of drug-likeness (QED) is 0.591. The highest BCUT2D eigenvalue weighted by Crippen LogP contribution is 2.29. The Labute approximate surface area is 145 Å². The van der Waals surface area contributed by atoms with Crippen LogP contribution in [0.25, 0.3) is 0 Å². The smallest absolute Gasteiger partial charge is 0.125 e. The number of rotatable bonds is 6. The maximum Gasteiger partial charge on any atom is 0.125 e. The van der Waals surface area contributed by atoms with Gasteiger partial charge in [0.25, 0.3) is 0 Å². The molecule has 0 saturated carbocycles. The predicted octanol–water partition coefficient (Wildman–Crippen LogP) is 3.71. The molecule has 1 aliphatic rings. The van der Waals surface area contributed by atoms with Crippen LogP contribution in [-0.2, 0) is 4.74 Å². The van der Waals surface area contributed by atoms with Gasteiger partial charge >= 0.3 is 0 Å². The molecule has 4 nitrogen and oxygen atoms in total. The number of pyridine rings is 1. The maximum absolute atomic E-state index is 8.64. The molecule has 4 heteroatoms. The summed E-state index contributed by atoms with van der Waals surface area (Å²) in [5.74, 6) is 6.61. The lowest BCUT2D eigenvalue weighted by molar-refractivity contribution is 0.0136. The van der Waals surface area contributed by atoms with E-state index >= 15 is 0 Å². The SMILES string of the molecule is CC[C@](C)(C#CCN1CCCC[C@H]1c1cccnc1)OCCC#N. The van der Waals surface area contributed by atoms with Crippen molar-refractivity contribution in [2.45, 2.75) is 57.6 Å². The molecule has 1 aromatic rings. The van der Waals surface area contributed by atoms with Gasteiger partial charge in [0.05, 0.1) is 25.6 Å². The Hall–Kier alpha value is -1.88. The van der Waals surface area contributed by atoms with E-state index in [0.717, 1.165) is 25.9 Å². The van der Waals surface area contributed by atoms with Crippen LogP contribution >= 0.6 is 0 Å². The molecule has 24 heavy (non-hydrogen) atoms. The Morgan fingerprint density at radius 1 is 1.46 bits per heavy atom. The van der Waals surface area contributed by atoms with Crippen molar-refractivity contribution < 1.29 is 4.74 Å². The first kappa shape index (κ1) is 18.5. The molecule has 2 atom stereocenters. The summed E-state index contributed by atoms with van der Waals surface area (Å²) < 4.78 is 5.80. The predicted molar refractivity (Wildman–Crippen MR) is 95.1 cm³/mol. The fourth-order valence-electron chi connectivity index (χ4n) is 3.01. The highest BCUT2D eigenvalue weighted by molar-refractivity contribution is 5.18. The van der Waals surface area contributed by atoms with Crippen molar-refractivity contribution in [3.63, 3.8) is 0 Å². The maximum atomic E-state index is 8.64. The molecule has 1 aromatic heterocycles. The van der Waals surface area contributed by atoms with E-state index in [4.69, 9.17) is 10.00 Å². The van der Waals surface area contributed by atoms with Gasteiger partial charge in [-0.3, -0.25) is 9.88 Å². The molecule has 0 unspecified atom stereocenters. The van der Waals surface area contributed by atoms with Gasteiger partial charge in [0, 0.05) is 18.4 Å². The average Bonchev–Trinajstić information content (AvgIpc) is 2.63. The van der Waals surface area contributed by atoms with Crippen LogP contribution in [0.15, 0.2) is 24.5 Å². The number of likely N-dealkylation sites (tertiary alicyclic amines) is 1.